The van der Waals surface area contributed by atoms with Crippen molar-refractivity contribution in [3.63, 3.8) is 0 Å². The maximum absolute atomic E-state index is 11.3. The lowest BCUT2D eigenvalue weighted by Crippen LogP contribution is -2.59. The molecule has 0 aliphatic carbocycles. The average Bonchev–Trinajstić information content (AvgIpc) is 2.39. The lowest BCUT2D eigenvalue weighted by molar-refractivity contribution is -0.147. The van der Waals surface area contributed by atoms with Gasteiger partial charge in [-0.15, -0.1) is 0 Å². The zero-order valence-corrected chi connectivity index (χ0v) is 11.1. The van der Waals surface area contributed by atoms with Crippen LogP contribution in [-0.4, -0.2) is 60.4 Å². The molecule has 0 aromatic heterocycles. The summed E-state index contributed by atoms with van der Waals surface area (Å²) in [5.74, 6) is -0.708. The van der Waals surface area contributed by atoms with Crippen molar-refractivity contribution in [3.05, 3.63) is 0 Å². The summed E-state index contributed by atoms with van der Waals surface area (Å²) in [6.07, 6.45) is 4.47. The number of nitrogens with one attached hydrogen (secondary N) is 1. The van der Waals surface area contributed by atoms with Crippen molar-refractivity contribution in [1.29, 1.82) is 0 Å². The second kappa shape index (κ2) is 6.50. The number of aliphatic carboxylic acids is 1. The summed E-state index contributed by atoms with van der Waals surface area (Å²) in [4.78, 5) is 13.5. The average molecular weight is 256 g/mol. The van der Waals surface area contributed by atoms with Crippen molar-refractivity contribution in [1.82, 2.24) is 10.2 Å². The smallest absolute Gasteiger partial charge is 0.322 e. The molecule has 2 rings (SSSR count). The Hall–Kier alpha value is -0.650. The molecule has 0 radical (unpaired) electrons. The molecule has 0 aromatic carbocycles. The van der Waals surface area contributed by atoms with Gasteiger partial charge in [-0.25, -0.2) is 0 Å². The highest BCUT2D eigenvalue weighted by Gasteiger charge is 2.35. The Morgan fingerprint density at radius 1 is 1.56 bits per heavy atom. The van der Waals surface area contributed by atoms with Gasteiger partial charge in [-0.05, 0) is 19.3 Å². The second-order valence-corrected chi connectivity index (χ2v) is 5.26. The zero-order chi connectivity index (χ0) is 13.0. The number of hydrogen-bond acceptors (Lipinski definition) is 4. The van der Waals surface area contributed by atoms with Gasteiger partial charge in [-0.3, -0.25) is 9.69 Å². The number of ether oxygens (including phenoxy) is 1. The molecule has 0 saturated carbocycles. The first-order valence-corrected chi connectivity index (χ1v) is 7.03. The molecule has 0 spiro atoms. The van der Waals surface area contributed by atoms with E-state index in [-0.39, 0.29) is 6.04 Å². The van der Waals surface area contributed by atoms with Crippen molar-refractivity contribution in [3.8, 4) is 0 Å². The summed E-state index contributed by atoms with van der Waals surface area (Å²) in [6, 6.07) is 0.00243. The van der Waals surface area contributed by atoms with Gasteiger partial charge in [-0.1, -0.05) is 13.3 Å². The summed E-state index contributed by atoms with van der Waals surface area (Å²) in [6.45, 7) is 5.22. The Balaban J connectivity index is 1.97. The van der Waals surface area contributed by atoms with E-state index in [1.807, 2.05) is 0 Å². The molecule has 5 heteroatoms. The number of carboxylic acid groups (broad SMARTS) is 1. The molecule has 0 bridgehead atoms. The Kier molecular flexibility index (Phi) is 4.97. The summed E-state index contributed by atoms with van der Waals surface area (Å²) < 4.78 is 5.75. The van der Waals surface area contributed by atoms with Crippen LogP contribution >= 0.6 is 0 Å². The van der Waals surface area contributed by atoms with Crippen molar-refractivity contribution >= 4 is 5.97 Å². The third kappa shape index (κ3) is 3.22. The monoisotopic (exact) mass is 256 g/mol. The number of nitrogens with zero attached hydrogens (tertiary/aromatic N) is 1. The van der Waals surface area contributed by atoms with Gasteiger partial charge < -0.3 is 15.2 Å². The van der Waals surface area contributed by atoms with Crippen LogP contribution in [0.2, 0.25) is 0 Å². The summed E-state index contributed by atoms with van der Waals surface area (Å²) in [5, 5.41) is 12.5. The van der Waals surface area contributed by atoms with Crippen LogP contribution in [0.3, 0.4) is 0 Å². The quantitative estimate of drug-likeness (QED) is 0.775. The van der Waals surface area contributed by atoms with Crippen LogP contribution in [0.25, 0.3) is 0 Å². The van der Waals surface area contributed by atoms with E-state index in [1.165, 1.54) is 0 Å². The molecule has 3 atom stereocenters. The first-order chi connectivity index (χ1) is 8.72. The summed E-state index contributed by atoms with van der Waals surface area (Å²) in [7, 11) is 0. The third-order valence-corrected chi connectivity index (χ3v) is 3.99. The van der Waals surface area contributed by atoms with Gasteiger partial charge in [0.25, 0.3) is 0 Å². The lowest BCUT2D eigenvalue weighted by atomic mass is 9.96. The molecule has 2 N–H and O–H groups in total. The van der Waals surface area contributed by atoms with Gasteiger partial charge >= 0.3 is 5.97 Å². The summed E-state index contributed by atoms with van der Waals surface area (Å²) in [5.41, 5.74) is 0. The number of hydrogen-bond donors (Lipinski definition) is 2. The maximum atomic E-state index is 11.3. The van der Waals surface area contributed by atoms with Crippen LogP contribution in [0, 0.1) is 0 Å². The maximum Gasteiger partial charge on any atom is 0.322 e. The van der Waals surface area contributed by atoms with E-state index in [9.17, 15) is 9.90 Å². The van der Waals surface area contributed by atoms with Gasteiger partial charge in [0, 0.05) is 32.3 Å². The minimum atomic E-state index is -0.708. The molecule has 2 heterocycles. The highest BCUT2D eigenvalue weighted by molar-refractivity contribution is 5.74. The Bertz CT molecular complexity index is 283. The Labute approximate surface area is 108 Å². The fourth-order valence-electron chi connectivity index (χ4n) is 3.07. The molecule has 3 unspecified atom stereocenters. The normalized spacial score (nSPS) is 34.4. The van der Waals surface area contributed by atoms with Crippen LogP contribution in [0.4, 0.5) is 0 Å². The number of piperazine rings is 1. The van der Waals surface area contributed by atoms with E-state index in [2.05, 4.69) is 17.1 Å². The van der Waals surface area contributed by atoms with E-state index in [0.29, 0.717) is 18.7 Å². The molecule has 104 valence electrons. The molecule has 2 aliphatic heterocycles. The van der Waals surface area contributed by atoms with E-state index in [1.54, 1.807) is 0 Å². The molecule has 0 amide bonds. The van der Waals surface area contributed by atoms with Crippen molar-refractivity contribution in [2.24, 2.45) is 0 Å². The van der Waals surface area contributed by atoms with Crippen LogP contribution in [0.1, 0.15) is 32.6 Å². The van der Waals surface area contributed by atoms with Gasteiger partial charge in [0.2, 0.25) is 0 Å². The van der Waals surface area contributed by atoms with Gasteiger partial charge in [-0.2, -0.15) is 0 Å². The van der Waals surface area contributed by atoms with Crippen molar-refractivity contribution < 1.29 is 14.6 Å². The standard InChI is InChI=1S/C13H24N2O3/c1-2-3-11-8-10(4-7-18-11)15-6-5-14-9-12(15)13(16)17/h10-12,14H,2-9H2,1H3,(H,16,17). The van der Waals surface area contributed by atoms with Gasteiger partial charge in [0.1, 0.15) is 6.04 Å². The summed E-state index contributed by atoms with van der Waals surface area (Å²) >= 11 is 0. The molecule has 0 aromatic rings. The fraction of sp³-hybridized carbons (Fsp3) is 0.923. The first-order valence-electron chi connectivity index (χ1n) is 7.03. The van der Waals surface area contributed by atoms with E-state index in [4.69, 9.17) is 4.74 Å². The van der Waals surface area contributed by atoms with Crippen molar-refractivity contribution in [2.45, 2.75) is 50.8 Å². The second-order valence-electron chi connectivity index (χ2n) is 5.26. The SMILES string of the molecule is CCCC1CC(N2CCNCC2C(=O)O)CCO1. The predicted octanol–water partition coefficient (Wildman–Crippen LogP) is 0.693. The first kappa shape index (κ1) is 13.8. The zero-order valence-electron chi connectivity index (χ0n) is 11.1. The molecule has 2 saturated heterocycles. The minimum absolute atomic E-state index is 0.318. The minimum Gasteiger partial charge on any atom is -0.480 e. The number of carbonyl (C=O) groups is 1. The van der Waals surface area contributed by atoms with E-state index < -0.39 is 5.97 Å². The largest absolute Gasteiger partial charge is 0.480 e. The molecule has 18 heavy (non-hydrogen) atoms. The van der Waals surface area contributed by atoms with Crippen LogP contribution in [-0.2, 0) is 9.53 Å². The highest BCUT2D eigenvalue weighted by atomic mass is 16.5. The van der Waals surface area contributed by atoms with Crippen LogP contribution in [0.5, 0.6) is 0 Å². The third-order valence-electron chi connectivity index (χ3n) is 3.99. The molecule has 2 fully saturated rings. The predicted molar refractivity (Wildman–Crippen MR) is 68.7 cm³/mol. The Morgan fingerprint density at radius 3 is 3.11 bits per heavy atom. The number of carboxylic acids is 1. The highest BCUT2D eigenvalue weighted by Crippen LogP contribution is 2.24. The molecule has 5 nitrogen and oxygen atoms in total. The topological polar surface area (TPSA) is 61.8 Å². The van der Waals surface area contributed by atoms with Crippen LogP contribution in [0.15, 0.2) is 0 Å². The fourth-order valence-corrected chi connectivity index (χ4v) is 3.07. The number of rotatable bonds is 4. The molecule has 2 aliphatic rings. The Morgan fingerprint density at radius 2 is 2.39 bits per heavy atom. The molecular weight excluding hydrogens is 232 g/mol. The van der Waals surface area contributed by atoms with E-state index >= 15 is 0 Å². The van der Waals surface area contributed by atoms with Crippen LogP contribution < -0.4 is 5.32 Å². The van der Waals surface area contributed by atoms with E-state index in [0.717, 1.165) is 45.4 Å². The van der Waals surface area contributed by atoms with Crippen molar-refractivity contribution in [2.75, 3.05) is 26.2 Å². The molecular formula is C13H24N2O3. The lowest BCUT2D eigenvalue weighted by Gasteiger charge is -2.42. The van der Waals surface area contributed by atoms with Gasteiger partial charge in [0.05, 0.1) is 6.10 Å². The van der Waals surface area contributed by atoms with Gasteiger partial charge in [0.15, 0.2) is 0 Å².